The minimum absolute atomic E-state index is 0.0509. The number of aliphatic hydroxyl groups excluding tert-OH is 1. The highest BCUT2D eigenvalue weighted by molar-refractivity contribution is 9.10. The molecule has 2 aliphatic rings. The van der Waals surface area contributed by atoms with E-state index in [9.17, 15) is 0 Å². The standard InChI is InChI=1S/C15H17BrN2O.C5H11NO/c1-18-8-2-3-13(18)10-19-15-7-4-11-9-12(16)5-6-14(11)17-15;1-6-3-2-5(7)4-6/h4-7,9,13H,2-3,8,10H2,1H3;5,7H,2-4H2,1H3/t13-;5-/m01/s1. The van der Waals surface area contributed by atoms with Gasteiger partial charge in [0.05, 0.1) is 11.6 Å². The van der Waals surface area contributed by atoms with Gasteiger partial charge in [-0.3, -0.25) is 0 Å². The second-order valence-electron chi connectivity index (χ2n) is 7.28. The van der Waals surface area contributed by atoms with Gasteiger partial charge in [-0.05, 0) is 64.2 Å². The third-order valence-electron chi connectivity index (χ3n) is 5.09. The van der Waals surface area contributed by atoms with Crippen LogP contribution in [-0.4, -0.2) is 72.4 Å². The van der Waals surface area contributed by atoms with E-state index in [-0.39, 0.29) is 6.10 Å². The Hall–Kier alpha value is -1.21. The number of pyridine rings is 1. The van der Waals surface area contributed by atoms with Crippen molar-refractivity contribution in [3.05, 3.63) is 34.8 Å². The fourth-order valence-electron chi connectivity index (χ4n) is 3.44. The molecule has 1 aromatic carbocycles. The summed E-state index contributed by atoms with van der Waals surface area (Å²) in [6.07, 6.45) is 3.39. The minimum Gasteiger partial charge on any atom is -0.476 e. The van der Waals surface area contributed by atoms with Crippen LogP contribution < -0.4 is 4.74 Å². The number of β-amino-alcohol motifs (C(OH)–C–C–N with tert-alkyl or cyclic N) is 1. The molecular formula is C20H28BrN3O2. The van der Waals surface area contributed by atoms with Crippen LogP contribution >= 0.6 is 15.9 Å². The average Bonchev–Trinajstić information content (AvgIpc) is 3.21. The number of rotatable bonds is 3. The quantitative estimate of drug-likeness (QED) is 0.824. The summed E-state index contributed by atoms with van der Waals surface area (Å²) in [4.78, 5) is 9.03. The highest BCUT2D eigenvalue weighted by atomic mass is 79.9. The van der Waals surface area contributed by atoms with Gasteiger partial charge in [-0.25, -0.2) is 4.98 Å². The third-order valence-corrected chi connectivity index (χ3v) is 5.58. The summed E-state index contributed by atoms with van der Waals surface area (Å²) in [5.74, 6) is 0.718. The third kappa shape index (κ3) is 5.39. The molecule has 1 aromatic heterocycles. The van der Waals surface area contributed by atoms with Gasteiger partial charge in [0, 0.05) is 35.1 Å². The number of hydrogen-bond donors (Lipinski definition) is 1. The monoisotopic (exact) mass is 421 g/mol. The van der Waals surface area contributed by atoms with Gasteiger partial charge in [0.25, 0.3) is 0 Å². The molecule has 2 atom stereocenters. The summed E-state index contributed by atoms with van der Waals surface area (Å²) in [5.41, 5.74) is 0.973. The van der Waals surface area contributed by atoms with Gasteiger partial charge in [-0.1, -0.05) is 15.9 Å². The van der Waals surface area contributed by atoms with Crippen LogP contribution in [0.1, 0.15) is 19.3 Å². The molecule has 0 spiro atoms. The molecule has 0 bridgehead atoms. The van der Waals surface area contributed by atoms with Crippen LogP contribution in [0.3, 0.4) is 0 Å². The number of aromatic nitrogens is 1. The number of benzene rings is 1. The maximum atomic E-state index is 8.86. The molecule has 4 rings (SSSR count). The highest BCUT2D eigenvalue weighted by Crippen LogP contribution is 2.22. The van der Waals surface area contributed by atoms with Gasteiger partial charge in [0.2, 0.25) is 5.88 Å². The first-order valence-electron chi connectivity index (χ1n) is 9.27. The Balaban J connectivity index is 0.000000236. The van der Waals surface area contributed by atoms with Crippen LogP contribution in [0.2, 0.25) is 0 Å². The van der Waals surface area contributed by atoms with Gasteiger partial charge >= 0.3 is 0 Å². The molecule has 3 heterocycles. The Kier molecular flexibility index (Phi) is 6.86. The normalized spacial score (nSPS) is 23.8. The zero-order valence-corrected chi connectivity index (χ0v) is 17.2. The zero-order chi connectivity index (χ0) is 18.5. The summed E-state index contributed by atoms with van der Waals surface area (Å²) in [6.45, 7) is 3.82. The number of halogens is 1. The van der Waals surface area contributed by atoms with E-state index < -0.39 is 0 Å². The molecule has 0 unspecified atom stereocenters. The summed E-state index contributed by atoms with van der Waals surface area (Å²) in [7, 11) is 4.18. The predicted octanol–water partition coefficient (Wildman–Crippen LogP) is 3.15. The van der Waals surface area contributed by atoms with Crippen molar-refractivity contribution in [3.8, 4) is 5.88 Å². The van der Waals surface area contributed by atoms with Crippen molar-refractivity contribution >= 4 is 26.8 Å². The average molecular weight is 422 g/mol. The van der Waals surface area contributed by atoms with E-state index in [0.29, 0.717) is 6.04 Å². The second kappa shape index (κ2) is 9.13. The fourth-order valence-corrected chi connectivity index (χ4v) is 3.82. The van der Waals surface area contributed by atoms with Crippen molar-refractivity contribution in [2.75, 3.05) is 40.3 Å². The molecule has 1 N–H and O–H groups in total. The number of hydrogen-bond acceptors (Lipinski definition) is 5. The first-order valence-corrected chi connectivity index (χ1v) is 10.1. The Labute approximate surface area is 164 Å². The molecule has 142 valence electrons. The lowest BCUT2D eigenvalue weighted by molar-refractivity contribution is 0.183. The molecule has 6 heteroatoms. The molecule has 2 aliphatic heterocycles. The largest absolute Gasteiger partial charge is 0.476 e. The Morgan fingerprint density at radius 1 is 1.19 bits per heavy atom. The van der Waals surface area contributed by atoms with E-state index in [4.69, 9.17) is 9.84 Å². The van der Waals surface area contributed by atoms with E-state index in [1.54, 1.807) is 0 Å². The molecule has 0 saturated carbocycles. The summed E-state index contributed by atoms with van der Waals surface area (Å²) < 4.78 is 6.91. The molecular weight excluding hydrogens is 394 g/mol. The number of nitrogens with zero attached hydrogens (tertiary/aromatic N) is 3. The van der Waals surface area contributed by atoms with Crippen LogP contribution in [0.4, 0.5) is 0 Å². The van der Waals surface area contributed by atoms with E-state index in [2.05, 4.69) is 49.9 Å². The van der Waals surface area contributed by atoms with Crippen molar-refractivity contribution in [2.24, 2.45) is 0 Å². The zero-order valence-electron chi connectivity index (χ0n) is 15.6. The lowest BCUT2D eigenvalue weighted by Crippen LogP contribution is -2.30. The van der Waals surface area contributed by atoms with Gasteiger partial charge in [-0.15, -0.1) is 0 Å². The van der Waals surface area contributed by atoms with Gasteiger partial charge in [-0.2, -0.15) is 0 Å². The van der Waals surface area contributed by atoms with Crippen molar-refractivity contribution in [3.63, 3.8) is 0 Å². The molecule has 0 aliphatic carbocycles. The highest BCUT2D eigenvalue weighted by Gasteiger charge is 2.21. The Morgan fingerprint density at radius 2 is 2.04 bits per heavy atom. The number of likely N-dealkylation sites (tertiary alicyclic amines) is 2. The first-order chi connectivity index (χ1) is 12.5. The van der Waals surface area contributed by atoms with Crippen molar-refractivity contribution < 1.29 is 9.84 Å². The Bertz CT molecular complexity index is 719. The van der Waals surface area contributed by atoms with Crippen molar-refractivity contribution in [1.82, 2.24) is 14.8 Å². The van der Waals surface area contributed by atoms with E-state index in [1.165, 1.54) is 19.4 Å². The number of likely N-dealkylation sites (N-methyl/N-ethyl adjacent to an activating group) is 2. The van der Waals surface area contributed by atoms with Crippen molar-refractivity contribution in [1.29, 1.82) is 0 Å². The van der Waals surface area contributed by atoms with Crippen molar-refractivity contribution in [2.45, 2.75) is 31.4 Å². The lowest BCUT2D eigenvalue weighted by atomic mass is 10.2. The smallest absolute Gasteiger partial charge is 0.213 e. The topological polar surface area (TPSA) is 48.8 Å². The maximum Gasteiger partial charge on any atom is 0.213 e. The SMILES string of the molecule is CN1CCC[C@H]1COc1ccc2cc(Br)ccc2n1.CN1CC[C@@H](O)C1. The van der Waals surface area contributed by atoms with Gasteiger partial charge in [0.1, 0.15) is 6.61 Å². The van der Waals surface area contributed by atoms with Crippen LogP contribution in [0.15, 0.2) is 34.8 Å². The summed E-state index contributed by atoms with van der Waals surface area (Å²) >= 11 is 3.47. The van der Waals surface area contributed by atoms with Gasteiger partial charge in [0.15, 0.2) is 0 Å². The summed E-state index contributed by atoms with van der Waals surface area (Å²) in [6, 6.07) is 10.6. The van der Waals surface area contributed by atoms with Gasteiger partial charge < -0.3 is 19.6 Å². The number of ether oxygens (including phenoxy) is 1. The summed E-state index contributed by atoms with van der Waals surface area (Å²) in [5, 5.41) is 9.98. The molecule has 2 aromatic rings. The predicted molar refractivity (Wildman–Crippen MR) is 109 cm³/mol. The molecule has 2 fully saturated rings. The Morgan fingerprint density at radius 3 is 2.65 bits per heavy atom. The lowest BCUT2D eigenvalue weighted by Gasteiger charge is -2.19. The van der Waals surface area contributed by atoms with Crippen LogP contribution in [0.25, 0.3) is 10.9 Å². The molecule has 0 radical (unpaired) electrons. The van der Waals surface area contributed by atoms with E-state index in [1.807, 2.05) is 25.2 Å². The van der Waals surface area contributed by atoms with Crippen LogP contribution in [0.5, 0.6) is 5.88 Å². The second-order valence-corrected chi connectivity index (χ2v) is 8.19. The molecule has 5 nitrogen and oxygen atoms in total. The minimum atomic E-state index is -0.0509. The van der Waals surface area contributed by atoms with Crippen LogP contribution in [0, 0.1) is 0 Å². The molecule has 2 saturated heterocycles. The molecule has 0 amide bonds. The fraction of sp³-hybridized carbons (Fsp3) is 0.550. The number of fused-ring (bicyclic) bond motifs is 1. The maximum absolute atomic E-state index is 8.86. The molecule has 26 heavy (non-hydrogen) atoms. The number of aliphatic hydroxyl groups is 1. The van der Waals surface area contributed by atoms with E-state index in [0.717, 1.165) is 47.4 Å². The van der Waals surface area contributed by atoms with E-state index >= 15 is 0 Å². The van der Waals surface area contributed by atoms with Crippen LogP contribution in [-0.2, 0) is 0 Å². The first kappa shape index (κ1) is 19.5.